The topological polar surface area (TPSA) is 257 Å². The lowest BCUT2D eigenvalue weighted by molar-refractivity contribution is -0.132. The lowest BCUT2D eigenvalue weighted by atomic mass is 9.71. The second-order valence-electron chi connectivity index (χ2n) is 24.0. The fraction of sp³-hybridized carbons (Fsp3) is 0.456. The first kappa shape index (κ1) is 64.2. The van der Waals surface area contributed by atoms with Crippen LogP contribution < -0.4 is 47.9 Å². The number of ether oxygens (including phenoxy) is 10. The van der Waals surface area contributed by atoms with Gasteiger partial charge in [-0.15, -0.1) is 0 Å². The Labute approximate surface area is 534 Å². The van der Waals surface area contributed by atoms with Crippen LogP contribution in [0.5, 0.6) is 57.5 Å². The van der Waals surface area contributed by atoms with Gasteiger partial charge in [-0.05, 0) is 113 Å². The third-order valence-corrected chi connectivity index (χ3v) is 19.1. The normalized spacial score (nSPS) is 24.2. The summed E-state index contributed by atoms with van der Waals surface area (Å²) < 4.78 is 59.1. The first-order valence-corrected chi connectivity index (χ1v) is 30.6. The predicted octanol–water partition coefficient (Wildman–Crippen LogP) is 8.00. The Bertz CT molecular complexity index is 3810. The second kappa shape index (κ2) is 26.1. The first-order valence-electron chi connectivity index (χ1n) is 30.2. The maximum absolute atomic E-state index is 13.4. The first-order chi connectivity index (χ1) is 43.8. The Morgan fingerprint density at radius 2 is 1.20 bits per heavy atom. The zero-order valence-electron chi connectivity index (χ0n) is 52.9. The summed E-state index contributed by atoms with van der Waals surface area (Å²) in [6, 6.07) is 14.9. The molecule has 8 aliphatic heterocycles. The van der Waals surface area contributed by atoms with Gasteiger partial charge in [-0.25, -0.2) is 0 Å². The van der Waals surface area contributed by atoms with Crippen LogP contribution >= 0.6 is 11.6 Å². The van der Waals surface area contributed by atoms with Crippen LogP contribution in [0.1, 0.15) is 115 Å². The number of aromatic hydroxyl groups is 1. The summed E-state index contributed by atoms with van der Waals surface area (Å²) in [4.78, 5) is 43.9. The van der Waals surface area contributed by atoms with Crippen molar-refractivity contribution >= 4 is 28.7 Å². The van der Waals surface area contributed by atoms with Crippen molar-refractivity contribution in [2.45, 2.75) is 128 Å². The number of phenols is 1. The van der Waals surface area contributed by atoms with Crippen LogP contribution in [0.3, 0.4) is 0 Å². The van der Waals surface area contributed by atoms with Gasteiger partial charge in [0.25, 0.3) is 5.91 Å². The van der Waals surface area contributed by atoms with Crippen LogP contribution in [0.4, 0.5) is 0 Å². The average molecular weight is 1270 g/mol. The van der Waals surface area contributed by atoms with Gasteiger partial charge in [0.2, 0.25) is 18.8 Å². The summed E-state index contributed by atoms with van der Waals surface area (Å²) in [5, 5.41) is 46.9. The van der Waals surface area contributed by atoms with Crippen molar-refractivity contribution in [3.05, 3.63) is 127 Å². The molecule has 0 aromatic heterocycles. The van der Waals surface area contributed by atoms with Crippen molar-refractivity contribution in [3.8, 4) is 69.6 Å². The standard InChI is InChI=1S/C35H36N4O7.C31H37N3O7.C2H3ClO/c1-17-11-21-12-23-25(14-36)39-24(29(38(23)4)27(21)30(41)31(17)43-5)13-22-28(26(39)15-37-35(42)20-9-7-6-8-10-20)34-33(44-16-45-34)18(2)32(22)46-19(3)40;1-7-8-38-28-17(3)29-31(41-15-40-29)25-19(28)11-21-26-24-18(9-16(2)27(37-6)30(24)39-14-36-5)10-20(33(26)4)22(12-32)34(21)23(25)13-35;1-2(3)4/h6-11,23-26,29,41H,12-13,15-16H2,1-5H3,(H,37,42);7,9,20-23,26,35H,1,8,10-11,13-15H2,2-6H3;1H3/t23-,24-,25-,26-,29-;20-,21-,22-,23-,26-;/m00./s1. The van der Waals surface area contributed by atoms with Gasteiger partial charge in [0.15, 0.2) is 52.8 Å². The molecular formula is C68H76ClN7O15. The number of aliphatic hydroxyl groups is 1. The number of phenolic OH excluding ortho intramolecular Hbond substituents is 1. The van der Waals surface area contributed by atoms with E-state index in [9.17, 15) is 35.1 Å². The lowest BCUT2D eigenvalue weighted by Gasteiger charge is -2.60. The number of amides is 1. The summed E-state index contributed by atoms with van der Waals surface area (Å²) in [5.41, 5.74) is 11.0. The highest BCUT2D eigenvalue weighted by Crippen LogP contribution is 2.61. The third-order valence-electron chi connectivity index (χ3n) is 19.1. The largest absolute Gasteiger partial charge is 0.504 e. The molecule has 10 atom stereocenters. The maximum Gasteiger partial charge on any atom is 0.308 e. The van der Waals surface area contributed by atoms with Crippen molar-refractivity contribution in [2.75, 3.05) is 75.6 Å². The van der Waals surface area contributed by atoms with E-state index in [1.165, 1.54) is 13.8 Å². The number of carbonyl (C=O) groups is 3. The number of esters is 1. The molecule has 0 radical (unpaired) electrons. The van der Waals surface area contributed by atoms with Gasteiger partial charge in [-0.2, -0.15) is 10.5 Å². The molecule has 4 bridgehead atoms. The number of carbonyl (C=O) groups excluding carboxylic acids is 3. The molecule has 5 aromatic rings. The number of aliphatic hydroxyl groups excluding tert-OH is 1. The molecule has 8 heterocycles. The number of rotatable bonds is 13. The van der Waals surface area contributed by atoms with Crippen molar-refractivity contribution in [1.29, 1.82) is 10.5 Å². The molecule has 0 aliphatic carbocycles. The lowest BCUT2D eigenvalue weighted by Crippen LogP contribution is -2.68. The third kappa shape index (κ3) is 10.8. The molecule has 0 unspecified atom stereocenters. The second-order valence-corrected chi connectivity index (χ2v) is 24.5. The van der Waals surface area contributed by atoms with Gasteiger partial charge >= 0.3 is 5.97 Å². The van der Waals surface area contributed by atoms with Gasteiger partial charge in [0.1, 0.15) is 30.2 Å². The number of nitriles is 2. The van der Waals surface area contributed by atoms with E-state index < -0.39 is 30.1 Å². The SMILES string of the molecule is C=CCOc1c(C)c2c(c3c1C[C@H]1[C@H]4c5c(cc(C)c(OC)c5OCOC)C[C@@H]([C@H](C#N)N1[C@H]3CO)N4C)OCO2.CC(=O)Cl.COc1c(C)cc2c(c1O)[C@@H]1[C@@H]3Cc4c(OC(C)=O)c(C)c5c(c4[C@H](CNC(=O)c4ccccc4)N3[C@@H](C#N)[C@H](C2)N1C)OCO5. The summed E-state index contributed by atoms with van der Waals surface area (Å²) in [5.74, 6) is 4.49. The van der Waals surface area contributed by atoms with Crippen LogP contribution in [0.2, 0.25) is 0 Å². The summed E-state index contributed by atoms with van der Waals surface area (Å²) in [6.07, 6.45) is 3.86. The number of piperazine rings is 2. The molecule has 23 heteroatoms. The fourth-order valence-corrected chi connectivity index (χ4v) is 15.8. The van der Waals surface area contributed by atoms with Crippen LogP contribution in [0.15, 0.2) is 55.1 Å². The number of nitrogens with one attached hydrogen (secondary N) is 1. The molecule has 2 saturated heterocycles. The number of halogens is 1. The number of aryl methyl sites for hydroxylation is 2. The Morgan fingerprint density at radius 1 is 0.692 bits per heavy atom. The average Bonchev–Trinajstić information content (AvgIpc) is 1.33. The highest BCUT2D eigenvalue weighted by atomic mass is 35.5. The number of methoxy groups -OCH3 is 3. The summed E-state index contributed by atoms with van der Waals surface area (Å²) in [7, 11) is 8.86. The molecule has 2 fully saturated rings. The zero-order chi connectivity index (χ0) is 65.0. The van der Waals surface area contributed by atoms with Gasteiger partial charge in [0.05, 0.1) is 57.1 Å². The molecule has 0 spiro atoms. The molecule has 13 rings (SSSR count). The van der Waals surface area contributed by atoms with Crippen LogP contribution in [-0.4, -0.2) is 159 Å². The van der Waals surface area contributed by atoms with Crippen LogP contribution in [-0.2, 0) is 40.0 Å². The Hall–Kier alpha value is -8.32. The van der Waals surface area contributed by atoms with E-state index in [0.29, 0.717) is 95.2 Å². The van der Waals surface area contributed by atoms with Crippen molar-refractivity contribution in [3.63, 3.8) is 0 Å². The minimum absolute atomic E-state index is 0.00524. The molecule has 91 heavy (non-hydrogen) atoms. The molecule has 480 valence electrons. The number of benzene rings is 5. The maximum atomic E-state index is 13.4. The van der Waals surface area contributed by atoms with Gasteiger partial charge in [-0.1, -0.05) is 43.0 Å². The van der Waals surface area contributed by atoms with Gasteiger partial charge < -0.3 is 62.9 Å². The molecule has 8 aliphatic rings. The van der Waals surface area contributed by atoms with Crippen molar-refractivity contribution in [1.82, 2.24) is 24.9 Å². The monoisotopic (exact) mass is 1270 g/mol. The number of hydrogen-bond acceptors (Lipinski definition) is 21. The Kier molecular flexibility index (Phi) is 18.4. The molecule has 3 N–H and O–H groups in total. The predicted molar refractivity (Wildman–Crippen MR) is 333 cm³/mol. The highest BCUT2D eigenvalue weighted by Gasteiger charge is 2.59. The molecule has 22 nitrogen and oxygen atoms in total. The van der Waals surface area contributed by atoms with E-state index in [-0.39, 0.29) is 86.7 Å². The van der Waals surface area contributed by atoms with E-state index in [0.717, 1.165) is 61.2 Å². The fourth-order valence-electron chi connectivity index (χ4n) is 15.8. The molecule has 1 amide bonds. The molecular weight excluding hydrogens is 1190 g/mol. The minimum Gasteiger partial charge on any atom is -0.504 e. The van der Waals surface area contributed by atoms with Crippen LogP contribution in [0.25, 0.3) is 0 Å². The Balaban J connectivity index is 0.000000178. The van der Waals surface area contributed by atoms with Gasteiger partial charge in [-0.3, -0.25) is 34.0 Å². The minimum atomic E-state index is -0.577. The number of fused-ring (bicyclic) bond motifs is 18. The molecule has 5 aromatic carbocycles. The van der Waals surface area contributed by atoms with E-state index in [1.807, 2.05) is 46.9 Å². The zero-order valence-corrected chi connectivity index (χ0v) is 53.7. The van der Waals surface area contributed by atoms with Gasteiger partial charge in [0, 0.05) is 102 Å². The van der Waals surface area contributed by atoms with Crippen molar-refractivity contribution < 1.29 is 72.0 Å². The van der Waals surface area contributed by atoms with E-state index in [1.54, 1.807) is 51.7 Å². The van der Waals surface area contributed by atoms with Crippen molar-refractivity contribution in [2.24, 2.45) is 0 Å². The summed E-state index contributed by atoms with van der Waals surface area (Å²) >= 11 is 4.64. The van der Waals surface area contributed by atoms with Crippen LogP contribution in [0, 0.1) is 50.4 Å². The Morgan fingerprint density at radius 3 is 1.73 bits per heavy atom. The highest BCUT2D eigenvalue weighted by molar-refractivity contribution is 6.62. The molecule has 0 saturated carbocycles. The number of likely N-dealkylation sites (N-methyl/N-ethyl adjacent to an activating group) is 2. The summed E-state index contributed by atoms with van der Waals surface area (Å²) in [6.45, 7) is 14.6. The smallest absolute Gasteiger partial charge is 0.308 e. The van der Waals surface area contributed by atoms with E-state index in [2.05, 4.69) is 68.3 Å². The van der Waals surface area contributed by atoms with E-state index >= 15 is 0 Å². The number of nitrogens with zero attached hydrogens (tertiary/aromatic N) is 6. The van der Waals surface area contributed by atoms with E-state index in [4.69, 9.17) is 47.4 Å². The quantitative estimate of drug-likeness (QED) is 0.0332. The number of hydrogen-bond donors (Lipinski definition) is 3.